The summed E-state index contributed by atoms with van der Waals surface area (Å²) in [5, 5.41) is 190. The monoisotopic (exact) mass is 997 g/mol. The number of hydrogen-bond acceptors (Lipinski definition) is 30. The maximum absolute atomic E-state index is 11.4. The highest BCUT2D eigenvalue weighted by Crippen LogP contribution is 2.38. The molecule has 22 heterocycles. The minimum Gasteiger partial charge on any atom is -0.394 e. The van der Waals surface area contributed by atoms with Crippen LogP contribution < -0.4 is 0 Å². The van der Waals surface area contributed by atoms with E-state index in [-0.39, 0.29) is 0 Å². The van der Waals surface area contributed by atoms with Crippen LogP contribution in [0, 0.1) is 0 Å². The van der Waals surface area contributed by atoms with Crippen LogP contribution in [0.3, 0.4) is 0 Å². The highest BCUT2D eigenvalue weighted by molar-refractivity contribution is 5.01. The van der Waals surface area contributed by atoms with Gasteiger partial charge in [0.1, 0.15) is 140 Å². The van der Waals surface area contributed by atoms with Crippen LogP contribution in [-0.2, 0) is 56.8 Å². The van der Waals surface area contributed by atoms with Crippen molar-refractivity contribution in [3.63, 3.8) is 0 Å². The fraction of sp³-hybridized carbons (Fsp3) is 1.00. The molecular formula is C36H59N3O29. The lowest BCUT2D eigenvalue weighted by Crippen LogP contribution is -2.69. The van der Waals surface area contributed by atoms with Gasteiger partial charge in [0, 0.05) is 4.91 Å². The third kappa shape index (κ3) is 10.5. The lowest BCUT2D eigenvalue weighted by molar-refractivity contribution is -0.403. The van der Waals surface area contributed by atoms with Crippen LogP contribution in [0.2, 0.25) is 0 Å². The summed E-state index contributed by atoms with van der Waals surface area (Å²) in [5.74, 6) is 0. The SMILES string of the molecule is [N-]=[N+]=NCC1OC2OC3C(CO)OC(OC4C(CO)OC(OC5C(CO)OC(OC6C(CO)OC(OC7C(CO)OC(OC1C(O)C2O)C(O)C7O)C(O)C6O)C(O)C5O)C(O)C4O)C(O)C3O. The Labute approximate surface area is 382 Å². The second kappa shape index (κ2) is 22.9. The van der Waals surface area contributed by atoms with Gasteiger partial charge in [-0.3, -0.25) is 0 Å². The maximum Gasteiger partial charge on any atom is 0.187 e. The fourth-order valence-electron chi connectivity index (χ4n) is 9.04. The van der Waals surface area contributed by atoms with Gasteiger partial charge in [0.05, 0.1) is 45.7 Å². The molecule has 0 saturated carbocycles. The second-order valence-electron chi connectivity index (χ2n) is 17.1. The van der Waals surface area contributed by atoms with Crippen molar-refractivity contribution >= 4 is 0 Å². The molecule has 30 atom stereocenters. The fourth-order valence-corrected chi connectivity index (χ4v) is 9.04. The second-order valence-corrected chi connectivity index (χ2v) is 17.1. The van der Waals surface area contributed by atoms with Gasteiger partial charge in [-0.2, -0.15) is 0 Å². The first-order valence-corrected chi connectivity index (χ1v) is 21.5. The summed E-state index contributed by atoms with van der Waals surface area (Å²) in [6.07, 6.45) is -58.9. The number of hydrogen-bond donors (Lipinski definition) is 17. The molecule has 17 N–H and O–H groups in total. The van der Waals surface area contributed by atoms with Gasteiger partial charge in [0.15, 0.2) is 37.7 Å². The number of aliphatic hydroxyl groups is 17. The lowest BCUT2D eigenvalue weighted by atomic mass is 9.94. The Hall–Kier alpha value is -1.85. The molecule has 0 spiro atoms. The molecule has 0 radical (unpaired) electrons. The molecule has 32 heteroatoms. The van der Waals surface area contributed by atoms with E-state index in [1.165, 1.54) is 0 Å². The van der Waals surface area contributed by atoms with Gasteiger partial charge < -0.3 is 144 Å². The number of nitrogens with zero attached hydrogens (tertiary/aromatic N) is 3. The van der Waals surface area contributed by atoms with E-state index in [0.717, 1.165) is 0 Å². The third-order valence-electron chi connectivity index (χ3n) is 12.8. The average molecular weight is 998 g/mol. The van der Waals surface area contributed by atoms with Crippen molar-refractivity contribution in [1.29, 1.82) is 0 Å². The zero-order valence-corrected chi connectivity index (χ0v) is 35.4. The summed E-state index contributed by atoms with van der Waals surface area (Å²) in [6.45, 7) is -5.74. The topological polar surface area (TPSA) is 503 Å². The standard InChI is InChI=1S/C36H59N3O29/c37-39-38-1-7-25-13(45)19(51)31(57-7)64-26-8(2-40)59-33(21(53)15(26)47)66-28-10(4-42)61-35(23(55)17(28)49)68-30-12(6-44)62-36(24(56)18(30)50)67-29-11(5-43)60-34(22(54)16(29)48)65-27-9(3-41)58-32(63-25)20(52)14(27)46/h7-36,40-56H,1-6H2. The number of ether oxygens (including phenoxy) is 12. The zero-order chi connectivity index (χ0) is 49.5. The van der Waals surface area contributed by atoms with Crippen LogP contribution >= 0.6 is 0 Å². The molecule has 32 nitrogen and oxygen atoms in total. The van der Waals surface area contributed by atoms with Crippen molar-refractivity contribution in [3.05, 3.63) is 10.4 Å². The first-order chi connectivity index (χ1) is 32.4. The summed E-state index contributed by atoms with van der Waals surface area (Å²) < 4.78 is 68.3. The van der Waals surface area contributed by atoms with Gasteiger partial charge in [0.2, 0.25) is 0 Å². The molecule has 0 amide bonds. The van der Waals surface area contributed by atoms with E-state index in [2.05, 4.69) is 10.0 Å². The van der Waals surface area contributed by atoms with E-state index < -0.39 is 224 Å². The maximum atomic E-state index is 11.4. The zero-order valence-electron chi connectivity index (χ0n) is 35.4. The van der Waals surface area contributed by atoms with Gasteiger partial charge in [-0.15, -0.1) is 0 Å². The normalized spacial score (nSPS) is 53.9. The first kappa shape index (κ1) is 53.9. The highest BCUT2D eigenvalue weighted by Gasteiger charge is 2.58. The molecular weight excluding hydrogens is 938 g/mol. The molecule has 22 aliphatic heterocycles. The van der Waals surface area contributed by atoms with Crippen LogP contribution in [0.5, 0.6) is 0 Å². The Kier molecular flexibility index (Phi) is 18.2. The van der Waals surface area contributed by atoms with E-state index in [9.17, 15) is 86.8 Å². The molecule has 0 aromatic heterocycles. The Bertz CT molecular complexity index is 1650. The molecule has 0 aliphatic carbocycles. The summed E-state index contributed by atoms with van der Waals surface area (Å²) in [4.78, 5) is 2.63. The van der Waals surface area contributed by atoms with Crippen LogP contribution in [0.1, 0.15) is 0 Å². The molecule has 0 aromatic rings. The van der Waals surface area contributed by atoms with Crippen molar-refractivity contribution in [2.24, 2.45) is 5.11 Å². The summed E-state index contributed by atoms with van der Waals surface area (Å²) in [5.41, 5.74) is 9.11. The quantitative estimate of drug-likeness (QED) is 0.0640. The first-order valence-electron chi connectivity index (χ1n) is 21.5. The lowest BCUT2D eigenvalue weighted by Gasteiger charge is -2.50. The molecule has 22 fully saturated rings. The predicted molar refractivity (Wildman–Crippen MR) is 203 cm³/mol. The predicted octanol–water partition coefficient (Wildman–Crippen LogP) is -11.7. The number of aliphatic hydroxyl groups excluding tert-OH is 17. The molecule has 68 heavy (non-hydrogen) atoms. The third-order valence-corrected chi connectivity index (χ3v) is 12.8. The van der Waals surface area contributed by atoms with Crippen molar-refractivity contribution < 1.29 is 144 Å². The summed E-state index contributed by atoms with van der Waals surface area (Å²) in [7, 11) is 0. The highest BCUT2D eigenvalue weighted by atomic mass is 16.8. The van der Waals surface area contributed by atoms with Crippen molar-refractivity contribution in [1.82, 2.24) is 0 Å². The molecule has 22 aliphatic rings. The Morgan fingerprint density at radius 3 is 0.632 bits per heavy atom. The van der Waals surface area contributed by atoms with Gasteiger partial charge >= 0.3 is 0 Å². The Morgan fingerprint density at radius 1 is 0.279 bits per heavy atom. The van der Waals surface area contributed by atoms with Gasteiger partial charge in [-0.05, 0) is 5.53 Å². The van der Waals surface area contributed by atoms with E-state index in [4.69, 9.17) is 62.4 Å². The van der Waals surface area contributed by atoms with E-state index in [1.807, 2.05) is 0 Å². The smallest absolute Gasteiger partial charge is 0.187 e. The van der Waals surface area contributed by atoms with Gasteiger partial charge in [0.25, 0.3) is 0 Å². The van der Waals surface area contributed by atoms with Crippen LogP contribution in [0.4, 0.5) is 0 Å². The van der Waals surface area contributed by atoms with E-state index >= 15 is 0 Å². The molecule has 22 rings (SSSR count). The van der Waals surface area contributed by atoms with E-state index in [1.54, 1.807) is 0 Å². The van der Waals surface area contributed by atoms with Crippen LogP contribution in [0.15, 0.2) is 5.11 Å². The Morgan fingerprint density at radius 2 is 0.456 bits per heavy atom. The number of rotatable bonds is 7. The average Bonchev–Trinajstić information content (AvgIpc) is 3.33. The van der Waals surface area contributed by atoms with Gasteiger partial charge in [-0.1, -0.05) is 5.11 Å². The molecule has 12 bridgehead atoms. The van der Waals surface area contributed by atoms with Crippen molar-refractivity contribution in [3.8, 4) is 0 Å². The van der Waals surface area contributed by atoms with Crippen LogP contribution in [0.25, 0.3) is 10.4 Å². The minimum absolute atomic E-state index is 0.697. The molecule has 22 saturated heterocycles. The molecule has 0 aromatic carbocycles. The van der Waals surface area contributed by atoms with Crippen LogP contribution in [-0.4, -0.2) is 311 Å². The van der Waals surface area contributed by atoms with Gasteiger partial charge in [-0.25, -0.2) is 0 Å². The van der Waals surface area contributed by atoms with E-state index in [0.29, 0.717) is 0 Å². The summed E-state index contributed by atoms with van der Waals surface area (Å²) >= 11 is 0. The summed E-state index contributed by atoms with van der Waals surface area (Å²) in [6, 6.07) is 0. The molecule has 30 unspecified atom stereocenters. The van der Waals surface area contributed by atoms with Crippen molar-refractivity contribution in [2.45, 2.75) is 184 Å². The Balaban J connectivity index is 1.20. The minimum atomic E-state index is -2.17. The molecule has 392 valence electrons. The van der Waals surface area contributed by atoms with Crippen molar-refractivity contribution in [2.75, 3.05) is 39.6 Å². The largest absolute Gasteiger partial charge is 0.394 e. The number of azide groups is 1.